The molecule has 0 aromatic carbocycles. The summed E-state index contributed by atoms with van der Waals surface area (Å²) in [6.07, 6.45) is 3.65. The largest absolute Gasteiger partial charge is 0.338 e. The minimum absolute atomic E-state index is 0.0562. The van der Waals surface area contributed by atoms with E-state index in [4.69, 9.17) is 5.73 Å². The van der Waals surface area contributed by atoms with Crippen LogP contribution in [0.3, 0.4) is 0 Å². The van der Waals surface area contributed by atoms with Crippen molar-refractivity contribution in [3.05, 3.63) is 29.6 Å². The van der Waals surface area contributed by atoms with Crippen LogP contribution in [0.25, 0.3) is 0 Å². The number of rotatable bonds is 4. The molecule has 0 aliphatic carbocycles. The van der Waals surface area contributed by atoms with Crippen molar-refractivity contribution in [3.63, 3.8) is 0 Å². The number of nitrogens with zero attached hydrogens (tertiary/aromatic N) is 2. The summed E-state index contributed by atoms with van der Waals surface area (Å²) in [7, 11) is 1.81. The summed E-state index contributed by atoms with van der Waals surface area (Å²) in [6.45, 7) is 4.47. The Morgan fingerprint density at radius 1 is 1.53 bits per heavy atom. The first-order chi connectivity index (χ1) is 9.10. The highest BCUT2D eigenvalue weighted by atomic mass is 16.2. The summed E-state index contributed by atoms with van der Waals surface area (Å²) >= 11 is 0. The molecule has 0 aliphatic heterocycles. The average molecular weight is 259 g/mol. The molecule has 0 bridgehead atoms. The second-order valence-corrected chi connectivity index (χ2v) is 4.49. The smallest absolute Gasteiger partial charge is 0.272 e. The van der Waals surface area contributed by atoms with Crippen molar-refractivity contribution >= 4 is 5.91 Å². The van der Waals surface area contributed by atoms with Gasteiger partial charge in [-0.15, -0.1) is 0 Å². The van der Waals surface area contributed by atoms with Crippen LogP contribution in [0.15, 0.2) is 18.3 Å². The molecule has 1 amide bonds. The molecule has 1 heterocycles. The van der Waals surface area contributed by atoms with Gasteiger partial charge in [-0.3, -0.25) is 4.79 Å². The third kappa shape index (κ3) is 4.38. The molecule has 0 aliphatic rings. The van der Waals surface area contributed by atoms with Gasteiger partial charge in [-0.25, -0.2) is 4.98 Å². The van der Waals surface area contributed by atoms with E-state index in [0.29, 0.717) is 12.2 Å². The summed E-state index contributed by atoms with van der Waals surface area (Å²) < 4.78 is 0. The Morgan fingerprint density at radius 3 is 2.79 bits per heavy atom. The summed E-state index contributed by atoms with van der Waals surface area (Å²) in [6, 6.07) is 3.72. The number of pyridine rings is 1. The van der Waals surface area contributed by atoms with E-state index in [1.165, 1.54) is 0 Å². The predicted molar refractivity (Wildman–Crippen MR) is 76.6 cm³/mol. The van der Waals surface area contributed by atoms with Gasteiger partial charge in [0.05, 0.1) is 6.54 Å². The van der Waals surface area contributed by atoms with Gasteiger partial charge in [-0.05, 0) is 25.5 Å². The first kappa shape index (κ1) is 15.2. The first-order valence-electron chi connectivity index (χ1n) is 6.52. The molecular weight excluding hydrogens is 238 g/mol. The van der Waals surface area contributed by atoms with E-state index in [2.05, 4.69) is 23.7 Å². The molecule has 4 nitrogen and oxygen atoms in total. The molecule has 1 aromatic rings. The second kappa shape index (κ2) is 7.55. The zero-order valence-electron chi connectivity index (χ0n) is 11.8. The van der Waals surface area contributed by atoms with E-state index < -0.39 is 0 Å². The Bertz CT molecular complexity index is 470. The molecule has 102 valence electrons. The van der Waals surface area contributed by atoms with Gasteiger partial charge >= 0.3 is 0 Å². The standard InChI is InChI=1S/C15H21N3O/c1-4-6-12(2)18(3)15(19)14-9-8-13(11-17-14)7-5-10-16/h8-9,11-12H,4,6,10,16H2,1-3H3. The minimum atomic E-state index is -0.0562. The first-order valence-corrected chi connectivity index (χ1v) is 6.52. The molecule has 0 saturated heterocycles. The molecule has 0 radical (unpaired) electrons. The van der Waals surface area contributed by atoms with Crippen molar-refractivity contribution < 1.29 is 4.79 Å². The van der Waals surface area contributed by atoms with Gasteiger partial charge in [-0.2, -0.15) is 0 Å². The summed E-state index contributed by atoms with van der Waals surface area (Å²) in [5.41, 5.74) is 6.52. The van der Waals surface area contributed by atoms with Gasteiger partial charge in [0.15, 0.2) is 0 Å². The number of hydrogen-bond acceptors (Lipinski definition) is 3. The number of amides is 1. The van der Waals surface area contributed by atoms with Gasteiger partial charge in [0, 0.05) is 24.8 Å². The Kier molecular flexibility index (Phi) is 6.04. The highest BCUT2D eigenvalue weighted by Crippen LogP contribution is 2.09. The predicted octanol–water partition coefficient (Wildman–Crippen LogP) is 1.65. The lowest BCUT2D eigenvalue weighted by atomic mass is 10.1. The summed E-state index contributed by atoms with van der Waals surface area (Å²) in [5.74, 6) is 5.58. The fourth-order valence-electron chi connectivity index (χ4n) is 1.74. The van der Waals surface area contributed by atoms with E-state index in [1.54, 1.807) is 23.2 Å². The monoisotopic (exact) mass is 259 g/mol. The zero-order valence-corrected chi connectivity index (χ0v) is 11.8. The number of nitrogens with two attached hydrogens (primary N) is 1. The third-order valence-electron chi connectivity index (χ3n) is 3.01. The van der Waals surface area contributed by atoms with Crippen LogP contribution in [0.4, 0.5) is 0 Å². The van der Waals surface area contributed by atoms with Gasteiger partial charge in [0.25, 0.3) is 5.91 Å². The lowest BCUT2D eigenvalue weighted by Gasteiger charge is -2.24. The van der Waals surface area contributed by atoms with Crippen LogP contribution in [0.2, 0.25) is 0 Å². The molecule has 1 aromatic heterocycles. The lowest BCUT2D eigenvalue weighted by molar-refractivity contribution is 0.0731. The summed E-state index contributed by atoms with van der Waals surface area (Å²) in [5, 5.41) is 0. The SMILES string of the molecule is CCCC(C)N(C)C(=O)c1ccc(C#CCN)cn1. The Morgan fingerprint density at radius 2 is 2.26 bits per heavy atom. The van der Waals surface area contributed by atoms with Gasteiger partial charge in [-0.1, -0.05) is 25.2 Å². The number of aromatic nitrogens is 1. The molecule has 19 heavy (non-hydrogen) atoms. The third-order valence-corrected chi connectivity index (χ3v) is 3.01. The highest BCUT2D eigenvalue weighted by molar-refractivity contribution is 5.92. The second-order valence-electron chi connectivity index (χ2n) is 4.49. The fourth-order valence-corrected chi connectivity index (χ4v) is 1.74. The molecule has 1 rings (SSSR count). The minimum Gasteiger partial charge on any atom is -0.338 e. The van der Waals surface area contributed by atoms with Crippen molar-refractivity contribution in [2.75, 3.05) is 13.6 Å². The molecule has 2 N–H and O–H groups in total. The van der Waals surface area contributed by atoms with Crippen LogP contribution in [0.1, 0.15) is 42.7 Å². The van der Waals surface area contributed by atoms with E-state index in [-0.39, 0.29) is 11.9 Å². The quantitative estimate of drug-likeness (QED) is 0.836. The number of carbonyl (C=O) groups is 1. The van der Waals surface area contributed by atoms with Crippen molar-refractivity contribution in [2.45, 2.75) is 32.7 Å². The Hall–Kier alpha value is -1.86. The van der Waals surface area contributed by atoms with E-state index >= 15 is 0 Å². The van der Waals surface area contributed by atoms with Crippen LogP contribution < -0.4 is 5.73 Å². The van der Waals surface area contributed by atoms with E-state index in [9.17, 15) is 4.79 Å². The Labute approximate surface area is 115 Å². The van der Waals surface area contributed by atoms with Crippen LogP contribution in [-0.4, -0.2) is 35.4 Å². The average Bonchev–Trinajstić information content (AvgIpc) is 2.44. The highest BCUT2D eigenvalue weighted by Gasteiger charge is 2.17. The molecule has 1 atom stereocenters. The van der Waals surface area contributed by atoms with Crippen LogP contribution in [-0.2, 0) is 0 Å². The van der Waals surface area contributed by atoms with Crippen molar-refractivity contribution in [2.24, 2.45) is 5.73 Å². The topological polar surface area (TPSA) is 59.2 Å². The maximum Gasteiger partial charge on any atom is 0.272 e. The molecule has 1 unspecified atom stereocenters. The molecule has 0 spiro atoms. The van der Waals surface area contributed by atoms with Gasteiger partial charge < -0.3 is 10.6 Å². The number of carbonyl (C=O) groups excluding carboxylic acids is 1. The maximum absolute atomic E-state index is 12.2. The lowest BCUT2D eigenvalue weighted by Crippen LogP contribution is -2.35. The molecule has 0 saturated carbocycles. The van der Waals surface area contributed by atoms with Gasteiger partial charge in [0.2, 0.25) is 0 Å². The fraction of sp³-hybridized carbons (Fsp3) is 0.467. The molecule has 0 fully saturated rings. The normalized spacial score (nSPS) is 11.4. The van der Waals surface area contributed by atoms with Gasteiger partial charge in [0.1, 0.15) is 5.69 Å². The summed E-state index contributed by atoms with van der Waals surface area (Å²) in [4.78, 5) is 18.1. The molecular formula is C15H21N3O. The molecule has 4 heteroatoms. The van der Waals surface area contributed by atoms with Crippen LogP contribution in [0.5, 0.6) is 0 Å². The zero-order chi connectivity index (χ0) is 14.3. The van der Waals surface area contributed by atoms with E-state index in [1.807, 2.05) is 14.0 Å². The Balaban J connectivity index is 2.77. The van der Waals surface area contributed by atoms with Crippen LogP contribution >= 0.6 is 0 Å². The number of hydrogen-bond donors (Lipinski definition) is 1. The van der Waals surface area contributed by atoms with Crippen molar-refractivity contribution in [1.82, 2.24) is 9.88 Å². The van der Waals surface area contributed by atoms with E-state index in [0.717, 1.165) is 18.4 Å². The van der Waals surface area contributed by atoms with Crippen molar-refractivity contribution in [3.8, 4) is 11.8 Å². The maximum atomic E-state index is 12.2. The van der Waals surface area contributed by atoms with Crippen molar-refractivity contribution in [1.29, 1.82) is 0 Å². The van der Waals surface area contributed by atoms with Crippen LogP contribution in [0, 0.1) is 11.8 Å².